The van der Waals surface area contributed by atoms with Crippen molar-refractivity contribution in [1.29, 1.82) is 0 Å². The molecule has 0 spiro atoms. The molecule has 0 aromatic heterocycles. The molecule has 1 N–H and O–H groups in total. The smallest absolute Gasteiger partial charge is 0.410 e. The molecule has 8 heteroatoms. The van der Waals surface area contributed by atoms with Gasteiger partial charge in [0, 0.05) is 12.5 Å². The summed E-state index contributed by atoms with van der Waals surface area (Å²) < 4.78 is 10.9. The fraction of sp³-hybridized carbons (Fsp3) is 0.333. The summed E-state index contributed by atoms with van der Waals surface area (Å²) in [7, 11) is 0. The second kappa shape index (κ2) is 8.11. The van der Waals surface area contributed by atoms with E-state index < -0.39 is 36.0 Å². The van der Waals surface area contributed by atoms with E-state index in [2.05, 4.69) is 17.4 Å². The van der Waals surface area contributed by atoms with Crippen molar-refractivity contribution in [3.05, 3.63) is 59.7 Å². The van der Waals surface area contributed by atoms with E-state index in [4.69, 9.17) is 9.47 Å². The summed E-state index contributed by atoms with van der Waals surface area (Å²) >= 11 is 0. The van der Waals surface area contributed by atoms with Crippen LogP contribution in [0.3, 0.4) is 0 Å². The Kier molecular flexibility index (Phi) is 5.13. The van der Waals surface area contributed by atoms with Crippen LogP contribution in [-0.2, 0) is 23.9 Å². The predicted octanol–water partition coefficient (Wildman–Crippen LogP) is 2.36. The van der Waals surface area contributed by atoms with E-state index in [1.807, 2.05) is 36.4 Å². The highest BCUT2D eigenvalue weighted by Gasteiger charge is 2.41. The van der Waals surface area contributed by atoms with Crippen LogP contribution in [-0.4, -0.2) is 54.1 Å². The van der Waals surface area contributed by atoms with Crippen LogP contribution in [0.2, 0.25) is 0 Å². The summed E-state index contributed by atoms with van der Waals surface area (Å²) in [5.74, 6) is -1.87. The van der Waals surface area contributed by atoms with Crippen LogP contribution in [0.25, 0.3) is 11.1 Å². The standard InChI is InChI=1S/C24H22N2O6/c27-21-12-20(22(28)25-21)32-23(29)19-10-5-11-26(19)24(30)31-13-18-16-8-3-1-6-14(16)15-7-2-4-9-17(15)18/h1-4,6-9,18-20H,5,10-13H2,(H,25,27,28)/t19-,20-/m0/s1. The first-order chi connectivity index (χ1) is 15.5. The van der Waals surface area contributed by atoms with E-state index >= 15 is 0 Å². The lowest BCUT2D eigenvalue weighted by molar-refractivity contribution is -0.158. The van der Waals surface area contributed by atoms with Gasteiger partial charge in [-0.15, -0.1) is 0 Å². The van der Waals surface area contributed by atoms with E-state index in [0.717, 1.165) is 22.3 Å². The first kappa shape index (κ1) is 20.2. The second-order valence-corrected chi connectivity index (χ2v) is 8.20. The van der Waals surface area contributed by atoms with Gasteiger partial charge in [0.05, 0.1) is 6.42 Å². The zero-order chi connectivity index (χ0) is 22.2. The highest BCUT2D eigenvalue weighted by Crippen LogP contribution is 2.44. The lowest BCUT2D eigenvalue weighted by Crippen LogP contribution is -2.43. The molecule has 2 fully saturated rings. The van der Waals surface area contributed by atoms with Gasteiger partial charge in [0.1, 0.15) is 12.6 Å². The lowest BCUT2D eigenvalue weighted by atomic mass is 9.98. The van der Waals surface area contributed by atoms with Crippen LogP contribution >= 0.6 is 0 Å². The average Bonchev–Trinajstić information content (AvgIpc) is 3.48. The van der Waals surface area contributed by atoms with Crippen molar-refractivity contribution in [3.63, 3.8) is 0 Å². The number of carbonyl (C=O) groups excluding carboxylic acids is 4. The van der Waals surface area contributed by atoms with E-state index in [-0.39, 0.29) is 18.9 Å². The summed E-state index contributed by atoms with van der Waals surface area (Å²) in [6.07, 6.45) is -0.869. The molecule has 2 aromatic carbocycles. The minimum Gasteiger partial charge on any atom is -0.450 e. The maximum absolute atomic E-state index is 12.9. The number of carbonyl (C=O) groups is 4. The van der Waals surface area contributed by atoms with Crippen molar-refractivity contribution in [1.82, 2.24) is 10.2 Å². The summed E-state index contributed by atoms with van der Waals surface area (Å²) in [5.41, 5.74) is 4.49. The van der Waals surface area contributed by atoms with Gasteiger partial charge in [-0.1, -0.05) is 48.5 Å². The maximum atomic E-state index is 12.9. The number of ether oxygens (including phenoxy) is 2. The third kappa shape index (κ3) is 3.51. The van der Waals surface area contributed by atoms with Crippen molar-refractivity contribution in [2.75, 3.05) is 13.2 Å². The van der Waals surface area contributed by atoms with Crippen molar-refractivity contribution in [2.24, 2.45) is 0 Å². The number of esters is 1. The maximum Gasteiger partial charge on any atom is 0.410 e. The fourth-order valence-corrected chi connectivity index (χ4v) is 4.75. The Bertz CT molecular complexity index is 1070. The van der Waals surface area contributed by atoms with Crippen LogP contribution in [0.4, 0.5) is 4.79 Å². The predicted molar refractivity (Wildman–Crippen MR) is 112 cm³/mol. The molecule has 2 atom stereocenters. The highest BCUT2D eigenvalue weighted by atomic mass is 16.6. The Labute approximate surface area is 184 Å². The van der Waals surface area contributed by atoms with Gasteiger partial charge in [0.15, 0.2) is 6.10 Å². The fourth-order valence-electron chi connectivity index (χ4n) is 4.75. The van der Waals surface area contributed by atoms with E-state index in [1.54, 1.807) is 0 Å². The third-order valence-corrected chi connectivity index (χ3v) is 6.28. The molecule has 8 nitrogen and oxygen atoms in total. The number of benzene rings is 2. The van der Waals surface area contributed by atoms with Crippen LogP contribution in [0.15, 0.2) is 48.5 Å². The minimum absolute atomic E-state index is 0.0763. The Balaban J connectivity index is 1.26. The zero-order valence-corrected chi connectivity index (χ0v) is 17.3. The first-order valence-corrected chi connectivity index (χ1v) is 10.7. The van der Waals surface area contributed by atoms with E-state index in [9.17, 15) is 19.2 Å². The number of likely N-dealkylation sites (tertiary alicyclic amines) is 1. The topological polar surface area (TPSA) is 102 Å². The number of rotatable bonds is 4. The van der Waals surface area contributed by atoms with Gasteiger partial charge in [-0.3, -0.25) is 19.8 Å². The first-order valence-electron chi connectivity index (χ1n) is 10.7. The Morgan fingerprint density at radius 2 is 1.66 bits per heavy atom. The molecule has 2 saturated heterocycles. The Morgan fingerprint density at radius 3 is 2.28 bits per heavy atom. The second-order valence-electron chi connectivity index (χ2n) is 8.20. The van der Waals surface area contributed by atoms with Crippen molar-refractivity contribution in [2.45, 2.75) is 37.3 Å². The number of imide groups is 1. The molecule has 2 heterocycles. The van der Waals surface area contributed by atoms with Gasteiger partial charge in [0.2, 0.25) is 5.91 Å². The van der Waals surface area contributed by atoms with Crippen LogP contribution < -0.4 is 5.32 Å². The molecule has 2 aliphatic heterocycles. The minimum atomic E-state index is -1.14. The third-order valence-electron chi connectivity index (χ3n) is 6.28. The molecule has 2 aromatic rings. The van der Waals surface area contributed by atoms with Gasteiger partial charge in [-0.05, 0) is 35.1 Å². The molecule has 0 saturated carbocycles. The Hall–Kier alpha value is -3.68. The molecular weight excluding hydrogens is 412 g/mol. The molecule has 164 valence electrons. The van der Waals surface area contributed by atoms with Gasteiger partial charge in [0.25, 0.3) is 5.91 Å². The average molecular weight is 434 g/mol. The van der Waals surface area contributed by atoms with Gasteiger partial charge < -0.3 is 9.47 Å². The molecule has 32 heavy (non-hydrogen) atoms. The molecule has 1 aliphatic carbocycles. The van der Waals surface area contributed by atoms with Gasteiger partial charge in [-0.2, -0.15) is 0 Å². The molecule has 0 unspecified atom stereocenters. The largest absolute Gasteiger partial charge is 0.450 e. The number of nitrogens with zero attached hydrogens (tertiary/aromatic N) is 1. The van der Waals surface area contributed by atoms with Gasteiger partial charge >= 0.3 is 12.1 Å². The molecule has 0 radical (unpaired) electrons. The van der Waals surface area contributed by atoms with E-state index in [1.165, 1.54) is 4.90 Å². The summed E-state index contributed by atoms with van der Waals surface area (Å²) in [5, 5.41) is 2.10. The number of nitrogens with one attached hydrogen (secondary N) is 1. The van der Waals surface area contributed by atoms with Crippen LogP contribution in [0.5, 0.6) is 0 Å². The zero-order valence-electron chi connectivity index (χ0n) is 17.3. The van der Waals surface area contributed by atoms with E-state index in [0.29, 0.717) is 19.4 Å². The number of hydrogen-bond donors (Lipinski definition) is 1. The highest BCUT2D eigenvalue weighted by molar-refractivity contribution is 6.05. The summed E-state index contributed by atoms with van der Waals surface area (Å²) in [6, 6.07) is 15.3. The molecular formula is C24H22N2O6. The van der Waals surface area contributed by atoms with Crippen molar-refractivity contribution < 1.29 is 28.7 Å². The number of hydrogen-bond acceptors (Lipinski definition) is 6. The SMILES string of the molecule is O=C1C[C@H](OC(=O)[C@@H]2CCCN2C(=O)OCC2c3ccccc3-c3ccccc32)C(=O)N1. The summed E-state index contributed by atoms with van der Waals surface area (Å²) in [4.78, 5) is 49.8. The molecule has 3 aliphatic rings. The monoisotopic (exact) mass is 434 g/mol. The van der Waals surface area contributed by atoms with Crippen LogP contribution in [0, 0.1) is 0 Å². The van der Waals surface area contributed by atoms with Crippen molar-refractivity contribution >= 4 is 23.9 Å². The van der Waals surface area contributed by atoms with Gasteiger partial charge in [-0.25, -0.2) is 9.59 Å². The molecule has 3 amide bonds. The quantitative estimate of drug-likeness (QED) is 0.586. The normalized spacial score (nSPS) is 21.8. The summed E-state index contributed by atoms with van der Waals surface area (Å²) in [6.45, 7) is 0.525. The number of fused-ring (bicyclic) bond motifs is 3. The number of amides is 3. The lowest BCUT2D eigenvalue weighted by Gasteiger charge is -2.24. The molecule has 0 bridgehead atoms. The van der Waals surface area contributed by atoms with Crippen molar-refractivity contribution in [3.8, 4) is 11.1 Å². The Morgan fingerprint density at radius 1 is 1.00 bits per heavy atom. The van der Waals surface area contributed by atoms with Crippen LogP contribution in [0.1, 0.15) is 36.3 Å². The molecule has 5 rings (SSSR count).